The predicted octanol–water partition coefficient (Wildman–Crippen LogP) is 14.8. The van der Waals surface area contributed by atoms with E-state index in [1.807, 2.05) is 24.3 Å². The van der Waals surface area contributed by atoms with Gasteiger partial charge in [-0.05, 0) is 116 Å². The van der Waals surface area contributed by atoms with Gasteiger partial charge in [-0.15, -0.1) is 0 Å². The minimum atomic E-state index is 0.609. The average molecular weight is 768 g/mol. The van der Waals surface area contributed by atoms with Gasteiger partial charge in [-0.1, -0.05) is 127 Å². The molecular weight excluding hydrogens is 735 g/mol. The maximum Gasteiger partial charge on any atom is 0.164 e. The van der Waals surface area contributed by atoms with E-state index in [0.717, 1.165) is 95.1 Å². The molecule has 0 N–H and O–H groups in total. The van der Waals surface area contributed by atoms with E-state index in [1.54, 1.807) is 0 Å². The zero-order valence-electron chi connectivity index (χ0n) is 32.3. The molecule has 13 rings (SSSR count). The van der Waals surface area contributed by atoms with Gasteiger partial charge in [0, 0.05) is 38.2 Å². The third-order valence-corrected chi connectivity index (χ3v) is 12.4. The summed E-state index contributed by atoms with van der Waals surface area (Å²) in [5.74, 6) is 1.85. The van der Waals surface area contributed by atoms with Gasteiger partial charge in [0.15, 0.2) is 17.5 Å². The van der Waals surface area contributed by atoms with Crippen molar-refractivity contribution in [3.63, 3.8) is 0 Å². The van der Waals surface area contributed by atoms with Crippen LogP contribution in [-0.2, 0) is 6.42 Å². The monoisotopic (exact) mass is 767 g/mol. The minimum absolute atomic E-state index is 0.609. The minimum Gasteiger partial charge on any atom is -0.456 e. The van der Waals surface area contributed by atoms with Crippen molar-refractivity contribution < 1.29 is 8.83 Å². The highest BCUT2D eigenvalue weighted by Crippen LogP contribution is 2.43. The molecule has 1 aliphatic carbocycles. The molecule has 1 aliphatic rings. The first kappa shape index (κ1) is 33.1. The van der Waals surface area contributed by atoms with Crippen LogP contribution in [0.3, 0.4) is 0 Å². The molecule has 3 heterocycles. The Morgan fingerprint density at radius 1 is 0.383 bits per heavy atom. The van der Waals surface area contributed by atoms with Crippen LogP contribution in [0.2, 0.25) is 0 Å². The van der Waals surface area contributed by atoms with E-state index < -0.39 is 0 Å². The van der Waals surface area contributed by atoms with E-state index in [-0.39, 0.29) is 0 Å². The lowest BCUT2D eigenvalue weighted by atomic mass is 9.86. The first-order chi connectivity index (χ1) is 29.7. The molecule has 0 saturated heterocycles. The Labute approximate surface area is 343 Å². The van der Waals surface area contributed by atoms with Crippen LogP contribution >= 0.6 is 0 Å². The summed E-state index contributed by atoms with van der Waals surface area (Å²) in [7, 11) is 0. The summed E-state index contributed by atoms with van der Waals surface area (Å²) in [6, 6.07) is 57.6. The van der Waals surface area contributed by atoms with E-state index in [2.05, 4.69) is 152 Å². The van der Waals surface area contributed by atoms with Gasteiger partial charge < -0.3 is 8.83 Å². The van der Waals surface area contributed by atoms with Gasteiger partial charge in [0.05, 0.1) is 0 Å². The second-order valence-electron chi connectivity index (χ2n) is 15.8. The zero-order valence-corrected chi connectivity index (χ0v) is 32.3. The number of para-hydroxylation sites is 2. The van der Waals surface area contributed by atoms with E-state index in [1.165, 1.54) is 32.8 Å². The van der Waals surface area contributed by atoms with Gasteiger partial charge in [0.25, 0.3) is 0 Å². The topological polar surface area (TPSA) is 65.0 Å². The molecule has 60 heavy (non-hydrogen) atoms. The van der Waals surface area contributed by atoms with Crippen molar-refractivity contribution in [1.82, 2.24) is 15.0 Å². The highest BCUT2D eigenvalue weighted by Gasteiger charge is 2.22. The van der Waals surface area contributed by atoms with Gasteiger partial charge in [-0.2, -0.15) is 0 Å². The van der Waals surface area contributed by atoms with Crippen molar-refractivity contribution in [2.45, 2.75) is 12.8 Å². The van der Waals surface area contributed by atoms with Gasteiger partial charge in [-0.25, -0.2) is 15.0 Å². The van der Waals surface area contributed by atoms with Gasteiger partial charge >= 0.3 is 0 Å². The molecule has 280 valence electrons. The molecule has 12 aromatic rings. The summed E-state index contributed by atoms with van der Waals surface area (Å²) >= 11 is 0. The lowest BCUT2D eigenvalue weighted by molar-refractivity contribution is 0.668. The molecule has 0 amide bonds. The Morgan fingerprint density at radius 3 is 1.72 bits per heavy atom. The van der Waals surface area contributed by atoms with Crippen LogP contribution in [-0.4, -0.2) is 15.0 Å². The van der Waals surface area contributed by atoms with Crippen LogP contribution in [0.25, 0.3) is 128 Å². The summed E-state index contributed by atoms with van der Waals surface area (Å²) < 4.78 is 12.7. The van der Waals surface area contributed by atoms with E-state index in [4.69, 9.17) is 23.8 Å². The number of hydrogen-bond acceptors (Lipinski definition) is 5. The molecule has 0 aliphatic heterocycles. The van der Waals surface area contributed by atoms with E-state index in [0.29, 0.717) is 17.5 Å². The van der Waals surface area contributed by atoms with Crippen LogP contribution in [0.4, 0.5) is 0 Å². The fourth-order valence-corrected chi connectivity index (χ4v) is 9.52. The summed E-state index contributed by atoms with van der Waals surface area (Å²) in [5.41, 5.74) is 11.1. The third-order valence-electron chi connectivity index (χ3n) is 12.4. The normalized spacial score (nSPS) is 12.8. The van der Waals surface area contributed by atoms with Crippen LogP contribution in [0.1, 0.15) is 17.5 Å². The molecule has 0 radical (unpaired) electrons. The van der Waals surface area contributed by atoms with Crippen LogP contribution in [0.15, 0.2) is 179 Å². The van der Waals surface area contributed by atoms with Crippen molar-refractivity contribution in [3.05, 3.63) is 181 Å². The Hall–Kier alpha value is -7.89. The number of benzene rings is 9. The predicted molar refractivity (Wildman–Crippen MR) is 246 cm³/mol. The standard InChI is InChI=1S/C55H33N3O2/c1-3-12-39-32(10-1)20-21-33-22-24-36(29-44(33)39)53-56-54(37-25-23-34-26-27-50-52(45(34)30-37)43-15-6-8-18-48(43)60-50)58-55(57-53)38-28-35-11-2-4-13-40(35)46(31-38)41-16-9-19-49-51(41)42-14-5-7-17-47(42)59-49/h1-3,5-12,14-31H,4,13H2. The molecule has 9 aromatic carbocycles. The van der Waals surface area contributed by atoms with Crippen molar-refractivity contribution in [1.29, 1.82) is 0 Å². The molecule has 0 saturated carbocycles. The molecule has 5 nitrogen and oxygen atoms in total. The Morgan fingerprint density at radius 2 is 0.950 bits per heavy atom. The number of hydrogen-bond donors (Lipinski definition) is 0. The summed E-state index contributed by atoms with van der Waals surface area (Å²) in [6.45, 7) is 0. The molecule has 0 atom stereocenters. The third kappa shape index (κ3) is 5.09. The van der Waals surface area contributed by atoms with Crippen LogP contribution in [0, 0.1) is 0 Å². The SMILES string of the molecule is C1=Cc2cc(-c3nc(-c4ccc5ccc6ccccc6c5c4)nc(-c4ccc5ccc6oc7ccccc7c6c5c4)n3)cc(-c3cccc4oc5ccccc5c34)c2CC1. The number of rotatable bonds is 4. The summed E-state index contributed by atoms with van der Waals surface area (Å²) in [6.07, 6.45) is 6.45. The maximum absolute atomic E-state index is 6.38. The number of allylic oxidation sites excluding steroid dienone is 1. The van der Waals surface area contributed by atoms with E-state index >= 15 is 0 Å². The lowest BCUT2D eigenvalue weighted by Crippen LogP contribution is -2.03. The Bertz CT molecular complexity index is 3800. The Kier molecular flexibility index (Phi) is 7.07. The first-order valence-electron chi connectivity index (χ1n) is 20.5. The maximum atomic E-state index is 6.38. The Balaban J connectivity index is 1.07. The summed E-state index contributed by atoms with van der Waals surface area (Å²) in [4.78, 5) is 16.0. The molecular formula is C55H33N3O2. The number of fused-ring (bicyclic) bond motifs is 12. The second-order valence-corrected chi connectivity index (χ2v) is 15.8. The molecule has 0 bridgehead atoms. The molecule has 5 heteroatoms. The molecule has 0 fully saturated rings. The lowest BCUT2D eigenvalue weighted by Gasteiger charge is -2.19. The number of furan rings is 2. The number of aromatic nitrogens is 3. The summed E-state index contributed by atoms with van der Waals surface area (Å²) in [5, 5.41) is 11.4. The van der Waals surface area contributed by atoms with Crippen molar-refractivity contribution in [2.75, 3.05) is 0 Å². The molecule has 0 spiro atoms. The number of nitrogens with zero attached hydrogens (tertiary/aromatic N) is 3. The highest BCUT2D eigenvalue weighted by molar-refractivity contribution is 6.19. The van der Waals surface area contributed by atoms with Gasteiger partial charge in [0.2, 0.25) is 0 Å². The fraction of sp³-hybridized carbons (Fsp3) is 0.0364. The molecule has 0 unspecified atom stereocenters. The van der Waals surface area contributed by atoms with E-state index in [9.17, 15) is 0 Å². The van der Waals surface area contributed by atoms with Crippen molar-refractivity contribution in [2.24, 2.45) is 0 Å². The zero-order chi connectivity index (χ0) is 39.3. The smallest absolute Gasteiger partial charge is 0.164 e. The quantitative estimate of drug-likeness (QED) is 0.167. The fourth-order valence-electron chi connectivity index (χ4n) is 9.52. The van der Waals surface area contributed by atoms with Crippen molar-refractivity contribution in [3.8, 4) is 45.3 Å². The highest BCUT2D eigenvalue weighted by atomic mass is 16.3. The first-order valence-corrected chi connectivity index (χ1v) is 20.5. The average Bonchev–Trinajstić information content (AvgIpc) is 3.90. The van der Waals surface area contributed by atoms with Crippen molar-refractivity contribution >= 4 is 82.3 Å². The van der Waals surface area contributed by atoms with Gasteiger partial charge in [0.1, 0.15) is 22.3 Å². The van der Waals surface area contributed by atoms with Gasteiger partial charge in [-0.3, -0.25) is 0 Å². The molecule has 3 aromatic heterocycles. The van der Waals surface area contributed by atoms with Crippen LogP contribution in [0.5, 0.6) is 0 Å². The largest absolute Gasteiger partial charge is 0.456 e. The second kappa shape index (κ2) is 12.8. The van der Waals surface area contributed by atoms with Crippen LogP contribution < -0.4 is 0 Å².